The molecule has 0 bridgehead atoms. The van der Waals surface area contributed by atoms with Gasteiger partial charge in [0.1, 0.15) is 11.3 Å². The van der Waals surface area contributed by atoms with Crippen LogP contribution in [0, 0.1) is 12.7 Å². The molecule has 0 N–H and O–H groups in total. The fourth-order valence-electron chi connectivity index (χ4n) is 2.28. The summed E-state index contributed by atoms with van der Waals surface area (Å²) in [5, 5.41) is 4.18. The monoisotopic (exact) mass is 272 g/mol. The first-order valence-electron chi connectivity index (χ1n) is 6.20. The van der Waals surface area contributed by atoms with Crippen LogP contribution in [0.25, 0.3) is 11.0 Å². The Morgan fingerprint density at radius 1 is 1.30 bits per heavy atom. The normalized spacial score (nSPS) is 11.2. The van der Waals surface area contributed by atoms with Gasteiger partial charge in [-0.3, -0.25) is 14.0 Å². The molecule has 1 aromatic carbocycles. The first kappa shape index (κ1) is 12.5. The third-order valence-corrected chi connectivity index (χ3v) is 3.28. The Hall–Kier alpha value is -2.50. The van der Waals surface area contributed by atoms with Crippen LogP contribution in [0.15, 0.2) is 35.4 Å². The molecule has 3 rings (SSSR count). The van der Waals surface area contributed by atoms with Crippen LogP contribution < -0.4 is 5.56 Å². The molecule has 0 aliphatic rings. The van der Waals surface area contributed by atoms with E-state index in [9.17, 15) is 9.18 Å². The van der Waals surface area contributed by atoms with E-state index in [4.69, 9.17) is 0 Å². The van der Waals surface area contributed by atoms with Crippen molar-refractivity contribution in [2.24, 2.45) is 7.05 Å². The van der Waals surface area contributed by atoms with Crippen LogP contribution in [-0.2, 0) is 13.6 Å². The van der Waals surface area contributed by atoms with E-state index >= 15 is 0 Å². The first-order chi connectivity index (χ1) is 9.58. The predicted molar refractivity (Wildman–Crippen MR) is 73.0 cm³/mol. The van der Waals surface area contributed by atoms with Gasteiger partial charge in [0.15, 0.2) is 5.52 Å². The number of hydrogen-bond donors (Lipinski definition) is 0. The van der Waals surface area contributed by atoms with E-state index in [1.807, 2.05) is 0 Å². The van der Waals surface area contributed by atoms with E-state index in [0.717, 1.165) is 0 Å². The number of halogens is 1. The van der Waals surface area contributed by atoms with Crippen molar-refractivity contribution < 1.29 is 4.39 Å². The van der Waals surface area contributed by atoms with Crippen molar-refractivity contribution in [3.63, 3.8) is 0 Å². The zero-order valence-corrected chi connectivity index (χ0v) is 11.2. The van der Waals surface area contributed by atoms with E-state index < -0.39 is 0 Å². The molecule has 0 saturated heterocycles. The highest BCUT2D eigenvalue weighted by Crippen LogP contribution is 2.11. The number of hydrogen-bond acceptors (Lipinski definition) is 3. The van der Waals surface area contributed by atoms with Crippen molar-refractivity contribution in [1.82, 2.24) is 19.3 Å². The van der Waals surface area contributed by atoms with Crippen molar-refractivity contribution in [2.45, 2.75) is 13.5 Å². The number of aryl methyl sites for hydroxylation is 2. The Morgan fingerprint density at radius 3 is 2.80 bits per heavy atom. The summed E-state index contributed by atoms with van der Waals surface area (Å²) in [6.45, 7) is 1.95. The number of benzene rings is 1. The quantitative estimate of drug-likeness (QED) is 0.712. The number of aromatic nitrogens is 4. The van der Waals surface area contributed by atoms with Gasteiger partial charge in [-0.2, -0.15) is 5.10 Å². The molecule has 3 aromatic rings. The molecule has 0 unspecified atom stereocenters. The average molecular weight is 272 g/mol. The highest BCUT2D eigenvalue weighted by Gasteiger charge is 2.13. The second-order valence-corrected chi connectivity index (χ2v) is 4.68. The number of fused-ring (bicyclic) bond motifs is 1. The van der Waals surface area contributed by atoms with E-state index in [1.165, 1.54) is 21.6 Å². The SMILES string of the molecule is Cc1nn(C)c2c(=O)n(Cc3ccccc3F)cnc12. The smallest absolute Gasteiger partial charge is 0.279 e. The fraction of sp³-hybridized carbons (Fsp3) is 0.214. The highest BCUT2D eigenvalue weighted by atomic mass is 19.1. The van der Waals surface area contributed by atoms with Gasteiger partial charge in [0, 0.05) is 12.6 Å². The maximum absolute atomic E-state index is 13.7. The lowest BCUT2D eigenvalue weighted by Crippen LogP contribution is -2.23. The van der Waals surface area contributed by atoms with E-state index in [1.54, 1.807) is 32.2 Å². The summed E-state index contributed by atoms with van der Waals surface area (Å²) in [4.78, 5) is 16.7. The van der Waals surface area contributed by atoms with Crippen LogP contribution in [0.5, 0.6) is 0 Å². The van der Waals surface area contributed by atoms with E-state index in [2.05, 4.69) is 10.1 Å². The van der Waals surface area contributed by atoms with Gasteiger partial charge in [0.2, 0.25) is 0 Å². The van der Waals surface area contributed by atoms with Crippen LogP contribution in [0.3, 0.4) is 0 Å². The van der Waals surface area contributed by atoms with Crippen molar-refractivity contribution >= 4 is 11.0 Å². The van der Waals surface area contributed by atoms with Crippen LogP contribution >= 0.6 is 0 Å². The van der Waals surface area contributed by atoms with Crippen LogP contribution in [0.2, 0.25) is 0 Å². The van der Waals surface area contributed by atoms with Crippen molar-refractivity contribution in [1.29, 1.82) is 0 Å². The summed E-state index contributed by atoms with van der Waals surface area (Å²) >= 11 is 0. The van der Waals surface area contributed by atoms with Gasteiger partial charge >= 0.3 is 0 Å². The number of rotatable bonds is 2. The average Bonchev–Trinajstić information content (AvgIpc) is 2.71. The fourth-order valence-corrected chi connectivity index (χ4v) is 2.28. The van der Waals surface area contributed by atoms with Gasteiger partial charge in [-0.1, -0.05) is 18.2 Å². The minimum Gasteiger partial charge on any atom is -0.293 e. The largest absolute Gasteiger partial charge is 0.293 e. The third-order valence-electron chi connectivity index (χ3n) is 3.28. The molecule has 0 saturated carbocycles. The van der Waals surface area contributed by atoms with Crippen molar-refractivity contribution in [3.8, 4) is 0 Å². The lowest BCUT2D eigenvalue weighted by atomic mass is 10.2. The van der Waals surface area contributed by atoms with E-state index in [-0.39, 0.29) is 17.9 Å². The maximum atomic E-state index is 13.7. The van der Waals surface area contributed by atoms with Gasteiger partial charge in [0.05, 0.1) is 18.6 Å². The van der Waals surface area contributed by atoms with Gasteiger partial charge < -0.3 is 0 Å². The summed E-state index contributed by atoms with van der Waals surface area (Å²) < 4.78 is 16.6. The number of nitrogens with zero attached hydrogens (tertiary/aromatic N) is 4. The summed E-state index contributed by atoms with van der Waals surface area (Å²) in [5.41, 5.74) is 1.96. The van der Waals surface area contributed by atoms with Gasteiger partial charge in [-0.25, -0.2) is 9.37 Å². The Kier molecular flexibility index (Phi) is 2.85. The standard InChI is InChI=1S/C14H13FN4O/c1-9-12-13(18(2)17-9)14(20)19(8-16-12)7-10-5-3-4-6-11(10)15/h3-6,8H,7H2,1-2H3. The molecule has 2 heterocycles. The zero-order valence-electron chi connectivity index (χ0n) is 11.2. The minimum atomic E-state index is -0.333. The molecule has 0 aliphatic heterocycles. The third kappa shape index (κ3) is 1.89. The Labute approximate surface area is 114 Å². The molecule has 0 aliphatic carbocycles. The highest BCUT2D eigenvalue weighted by molar-refractivity contribution is 5.75. The molecule has 0 radical (unpaired) electrons. The summed E-state index contributed by atoms with van der Waals surface area (Å²) in [5.74, 6) is -0.333. The molecule has 0 spiro atoms. The molecule has 0 atom stereocenters. The molecule has 5 nitrogen and oxygen atoms in total. The molecule has 0 fully saturated rings. The molecular formula is C14H13FN4O. The summed E-state index contributed by atoms with van der Waals surface area (Å²) in [7, 11) is 1.70. The minimum absolute atomic E-state index is 0.151. The van der Waals surface area contributed by atoms with Crippen molar-refractivity contribution in [3.05, 3.63) is 58.0 Å². The molecule has 20 heavy (non-hydrogen) atoms. The van der Waals surface area contributed by atoms with Gasteiger partial charge in [-0.15, -0.1) is 0 Å². The van der Waals surface area contributed by atoms with Crippen LogP contribution in [0.4, 0.5) is 4.39 Å². The van der Waals surface area contributed by atoms with Crippen molar-refractivity contribution in [2.75, 3.05) is 0 Å². The van der Waals surface area contributed by atoms with Crippen LogP contribution in [-0.4, -0.2) is 19.3 Å². The van der Waals surface area contributed by atoms with Crippen LogP contribution in [0.1, 0.15) is 11.3 Å². The van der Waals surface area contributed by atoms with Gasteiger partial charge in [0.25, 0.3) is 5.56 Å². The molecule has 2 aromatic heterocycles. The molecule has 6 heteroatoms. The Balaban J connectivity index is 2.14. The summed E-state index contributed by atoms with van der Waals surface area (Å²) in [6.07, 6.45) is 1.44. The molecular weight excluding hydrogens is 259 g/mol. The lowest BCUT2D eigenvalue weighted by molar-refractivity contribution is 0.595. The topological polar surface area (TPSA) is 52.7 Å². The maximum Gasteiger partial charge on any atom is 0.279 e. The van der Waals surface area contributed by atoms with E-state index in [0.29, 0.717) is 22.3 Å². The molecule has 102 valence electrons. The second-order valence-electron chi connectivity index (χ2n) is 4.68. The lowest BCUT2D eigenvalue weighted by Gasteiger charge is -2.06. The first-order valence-corrected chi connectivity index (χ1v) is 6.20. The Morgan fingerprint density at radius 2 is 2.05 bits per heavy atom. The van der Waals surface area contributed by atoms with Gasteiger partial charge in [-0.05, 0) is 13.0 Å². The Bertz CT molecular complexity index is 850. The molecule has 0 amide bonds. The predicted octanol–water partition coefficient (Wildman–Crippen LogP) is 1.63. The summed E-state index contributed by atoms with van der Waals surface area (Å²) in [6, 6.07) is 6.39. The zero-order chi connectivity index (χ0) is 14.3. The second kappa shape index (κ2) is 4.56.